The molecule has 0 aliphatic rings. The maximum absolute atomic E-state index is 13.5. The summed E-state index contributed by atoms with van der Waals surface area (Å²) < 4.78 is 18.0. The van der Waals surface area contributed by atoms with Crippen LogP contribution >= 0.6 is 0 Å². The fourth-order valence-corrected chi connectivity index (χ4v) is 7.78. The van der Waals surface area contributed by atoms with Crippen molar-refractivity contribution < 1.29 is 28.6 Å². The van der Waals surface area contributed by atoms with Gasteiger partial charge in [0.05, 0.1) is 17.4 Å². The molecular formula is C51H99NO6. The lowest BCUT2D eigenvalue weighted by Crippen LogP contribution is -2.31. The van der Waals surface area contributed by atoms with E-state index in [9.17, 15) is 14.4 Å². The van der Waals surface area contributed by atoms with Crippen molar-refractivity contribution in [3.05, 3.63) is 0 Å². The predicted octanol–water partition coefficient (Wildman–Crippen LogP) is 14.9. The molecule has 0 fully saturated rings. The summed E-state index contributed by atoms with van der Waals surface area (Å²) in [4.78, 5) is 41.2. The Bertz CT molecular complexity index is 962. The standard InChI is InChI=1S/C51H99NO6/c1-10-13-16-19-22-25-34-44-56-48(54)50(4,5)41-32-26-30-36-45(57-47(53)40-35-43-52(8)9)37-31-27-33-42-51(6,7)49(55)58-46(38-28-23-20-17-14-11-2)39-29-24-21-18-15-12-3/h45-46H,10-44H2,1-9H3. The van der Waals surface area contributed by atoms with Gasteiger partial charge in [-0.05, 0) is 125 Å². The van der Waals surface area contributed by atoms with Crippen LogP contribution in [0.15, 0.2) is 0 Å². The largest absolute Gasteiger partial charge is 0.465 e. The number of ether oxygens (including phenoxy) is 3. The van der Waals surface area contributed by atoms with Crippen LogP contribution in [-0.2, 0) is 28.6 Å². The lowest BCUT2D eigenvalue weighted by Gasteiger charge is -2.27. The third-order valence-electron chi connectivity index (χ3n) is 12.1. The van der Waals surface area contributed by atoms with Gasteiger partial charge >= 0.3 is 17.9 Å². The van der Waals surface area contributed by atoms with E-state index in [1.54, 1.807) is 0 Å². The number of hydrogen-bond acceptors (Lipinski definition) is 7. The first kappa shape index (κ1) is 56.4. The second-order valence-corrected chi connectivity index (χ2v) is 19.4. The monoisotopic (exact) mass is 822 g/mol. The van der Waals surface area contributed by atoms with Gasteiger partial charge in [-0.1, -0.05) is 149 Å². The fourth-order valence-electron chi connectivity index (χ4n) is 7.78. The fraction of sp³-hybridized carbons (Fsp3) is 0.941. The summed E-state index contributed by atoms with van der Waals surface area (Å²) in [6.07, 6.45) is 35.8. The van der Waals surface area contributed by atoms with Crippen LogP contribution in [0.2, 0.25) is 0 Å². The highest BCUT2D eigenvalue weighted by atomic mass is 16.5. The van der Waals surface area contributed by atoms with Crippen molar-refractivity contribution in [1.82, 2.24) is 4.90 Å². The average Bonchev–Trinajstić information content (AvgIpc) is 3.17. The highest BCUT2D eigenvalue weighted by Gasteiger charge is 2.31. The average molecular weight is 822 g/mol. The van der Waals surface area contributed by atoms with Gasteiger partial charge in [0.1, 0.15) is 12.2 Å². The van der Waals surface area contributed by atoms with Crippen molar-refractivity contribution in [2.45, 2.75) is 273 Å². The minimum absolute atomic E-state index is 0.0383. The number of nitrogens with zero attached hydrogens (tertiary/aromatic N) is 1. The smallest absolute Gasteiger partial charge is 0.311 e. The Morgan fingerprint density at radius 3 is 1.24 bits per heavy atom. The van der Waals surface area contributed by atoms with Crippen molar-refractivity contribution in [3.8, 4) is 0 Å². The van der Waals surface area contributed by atoms with Gasteiger partial charge in [0.2, 0.25) is 0 Å². The molecule has 7 heteroatoms. The Morgan fingerprint density at radius 2 is 0.810 bits per heavy atom. The van der Waals surface area contributed by atoms with E-state index in [4.69, 9.17) is 14.2 Å². The first-order valence-electron chi connectivity index (χ1n) is 25.0. The quantitative estimate of drug-likeness (QED) is 0.0344. The van der Waals surface area contributed by atoms with Gasteiger partial charge in [0.15, 0.2) is 0 Å². The van der Waals surface area contributed by atoms with E-state index in [0.29, 0.717) is 13.0 Å². The van der Waals surface area contributed by atoms with E-state index in [1.165, 1.54) is 96.3 Å². The molecule has 0 aliphatic heterocycles. The molecular weight excluding hydrogens is 723 g/mol. The molecule has 344 valence electrons. The van der Waals surface area contributed by atoms with Crippen LogP contribution in [0.3, 0.4) is 0 Å². The molecule has 1 atom stereocenters. The Hall–Kier alpha value is -1.63. The Morgan fingerprint density at radius 1 is 0.448 bits per heavy atom. The number of carbonyl (C=O) groups is 3. The van der Waals surface area contributed by atoms with Crippen molar-refractivity contribution >= 4 is 17.9 Å². The van der Waals surface area contributed by atoms with E-state index >= 15 is 0 Å². The summed E-state index contributed by atoms with van der Waals surface area (Å²) in [6.45, 7) is 16.3. The summed E-state index contributed by atoms with van der Waals surface area (Å²) in [5.74, 6) is -0.221. The number of esters is 3. The van der Waals surface area contributed by atoms with Gasteiger partial charge in [0, 0.05) is 6.42 Å². The van der Waals surface area contributed by atoms with Crippen molar-refractivity contribution in [3.63, 3.8) is 0 Å². The third-order valence-corrected chi connectivity index (χ3v) is 12.1. The van der Waals surface area contributed by atoms with E-state index < -0.39 is 10.8 Å². The Kier molecular flexibility index (Phi) is 36.1. The van der Waals surface area contributed by atoms with Crippen LogP contribution in [0.1, 0.15) is 260 Å². The van der Waals surface area contributed by atoms with Gasteiger partial charge in [-0.3, -0.25) is 14.4 Å². The second kappa shape index (κ2) is 37.2. The van der Waals surface area contributed by atoms with Crippen LogP contribution in [-0.4, -0.2) is 62.3 Å². The first-order valence-corrected chi connectivity index (χ1v) is 25.0. The lowest BCUT2D eigenvalue weighted by atomic mass is 9.86. The summed E-state index contributed by atoms with van der Waals surface area (Å²) in [5.41, 5.74) is -0.991. The SMILES string of the molecule is CCCCCCCCCOC(=O)C(C)(C)CCCCCC(CCCCCC(C)(C)C(=O)OC(CCCCCCCC)CCCCCCCC)OC(=O)CCCN(C)C. The van der Waals surface area contributed by atoms with Crippen LogP contribution < -0.4 is 0 Å². The summed E-state index contributed by atoms with van der Waals surface area (Å²) in [7, 11) is 4.05. The van der Waals surface area contributed by atoms with Gasteiger partial charge in [-0.15, -0.1) is 0 Å². The zero-order valence-electron chi connectivity index (χ0n) is 40.3. The summed E-state index contributed by atoms with van der Waals surface area (Å²) in [6, 6.07) is 0. The van der Waals surface area contributed by atoms with Crippen molar-refractivity contribution in [2.75, 3.05) is 27.2 Å². The van der Waals surface area contributed by atoms with Crippen LogP contribution in [0.4, 0.5) is 0 Å². The van der Waals surface area contributed by atoms with Gasteiger partial charge in [0.25, 0.3) is 0 Å². The summed E-state index contributed by atoms with van der Waals surface area (Å²) >= 11 is 0. The number of carbonyl (C=O) groups excluding carboxylic acids is 3. The molecule has 0 aromatic heterocycles. The zero-order valence-corrected chi connectivity index (χ0v) is 40.3. The second-order valence-electron chi connectivity index (χ2n) is 19.4. The highest BCUT2D eigenvalue weighted by molar-refractivity contribution is 5.76. The first-order chi connectivity index (χ1) is 27.8. The van der Waals surface area contributed by atoms with Crippen LogP contribution in [0.5, 0.6) is 0 Å². The number of hydrogen-bond donors (Lipinski definition) is 0. The molecule has 0 spiro atoms. The highest BCUT2D eigenvalue weighted by Crippen LogP contribution is 2.30. The maximum atomic E-state index is 13.5. The molecule has 0 aromatic carbocycles. The van der Waals surface area contributed by atoms with Crippen molar-refractivity contribution in [1.29, 1.82) is 0 Å². The van der Waals surface area contributed by atoms with Gasteiger partial charge < -0.3 is 19.1 Å². The molecule has 0 rings (SSSR count). The maximum Gasteiger partial charge on any atom is 0.311 e. The van der Waals surface area contributed by atoms with Gasteiger partial charge in [-0.2, -0.15) is 0 Å². The molecule has 0 aliphatic carbocycles. The van der Waals surface area contributed by atoms with E-state index in [0.717, 1.165) is 116 Å². The Balaban J connectivity index is 4.88. The molecule has 0 saturated heterocycles. The minimum Gasteiger partial charge on any atom is -0.465 e. The minimum atomic E-state index is -0.507. The van der Waals surface area contributed by atoms with E-state index in [1.807, 2.05) is 27.9 Å². The molecule has 0 aromatic rings. The molecule has 0 saturated carbocycles. The topological polar surface area (TPSA) is 82.1 Å². The normalized spacial score (nSPS) is 12.7. The molecule has 0 radical (unpaired) electrons. The molecule has 0 N–H and O–H groups in total. The molecule has 0 heterocycles. The van der Waals surface area contributed by atoms with Crippen LogP contribution in [0.25, 0.3) is 0 Å². The molecule has 0 amide bonds. The van der Waals surface area contributed by atoms with Crippen LogP contribution in [0, 0.1) is 10.8 Å². The molecule has 1 unspecified atom stereocenters. The molecule has 7 nitrogen and oxygen atoms in total. The van der Waals surface area contributed by atoms with E-state index in [-0.39, 0.29) is 30.1 Å². The Labute approximate surface area is 361 Å². The zero-order chi connectivity index (χ0) is 43.3. The van der Waals surface area contributed by atoms with Crippen molar-refractivity contribution in [2.24, 2.45) is 10.8 Å². The summed E-state index contributed by atoms with van der Waals surface area (Å²) in [5, 5.41) is 0. The third kappa shape index (κ3) is 33.1. The molecule has 0 bridgehead atoms. The number of unbranched alkanes of at least 4 members (excludes halogenated alkanes) is 20. The number of rotatable bonds is 42. The van der Waals surface area contributed by atoms with E-state index in [2.05, 4.69) is 39.5 Å². The molecule has 58 heavy (non-hydrogen) atoms. The van der Waals surface area contributed by atoms with Gasteiger partial charge in [-0.25, -0.2) is 0 Å². The lowest BCUT2D eigenvalue weighted by molar-refractivity contribution is -0.161. The predicted molar refractivity (Wildman–Crippen MR) is 246 cm³/mol.